The first kappa shape index (κ1) is 13.7. The van der Waals surface area contributed by atoms with Crippen LogP contribution in [0.1, 0.15) is 16.8 Å². The predicted octanol–water partition coefficient (Wildman–Crippen LogP) is 2.07. The third-order valence-electron chi connectivity index (χ3n) is 2.85. The quantitative estimate of drug-likeness (QED) is 0.457. The van der Waals surface area contributed by atoms with Crippen molar-refractivity contribution in [2.24, 2.45) is 0 Å². The number of aryl methyl sites for hydroxylation is 1. The van der Waals surface area contributed by atoms with Gasteiger partial charge < -0.3 is 14.9 Å². The fourth-order valence-corrected chi connectivity index (χ4v) is 1.79. The Bertz CT molecular complexity index is 619. The van der Waals surface area contributed by atoms with Crippen molar-refractivity contribution < 1.29 is 14.5 Å². The Labute approximate surface area is 115 Å². The summed E-state index contributed by atoms with van der Waals surface area (Å²) < 4.78 is 6.36. The highest BCUT2D eigenvalue weighted by atomic mass is 16.6. The zero-order valence-corrected chi connectivity index (χ0v) is 10.9. The van der Waals surface area contributed by atoms with Crippen LogP contribution >= 0.6 is 0 Å². The van der Waals surface area contributed by atoms with Crippen molar-refractivity contribution in [1.29, 1.82) is 0 Å². The van der Waals surface area contributed by atoms with Crippen LogP contribution in [0.25, 0.3) is 0 Å². The number of ether oxygens (including phenoxy) is 1. The number of imidazole rings is 1. The molecule has 0 spiro atoms. The summed E-state index contributed by atoms with van der Waals surface area (Å²) in [7, 11) is 1.55. The zero-order valence-electron chi connectivity index (χ0n) is 10.9. The molecule has 0 aliphatic heterocycles. The van der Waals surface area contributed by atoms with Crippen molar-refractivity contribution in [3.05, 3.63) is 52.3 Å². The molecule has 0 radical (unpaired) electrons. The highest BCUT2D eigenvalue weighted by molar-refractivity contribution is 5.96. The average molecular weight is 275 g/mol. The zero-order chi connectivity index (χ0) is 14.5. The topological polar surface area (TPSA) is 87.3 Å². The maximum atomic E-state index is 12.0. The fourth-order valence-electron chi connectivity index (χ4n) is 1.79. The minimum atomic E-state index is -0.572. The van der Waals surface area contributed by atoms with E-state index in [1.807, 2.05) is 0 Å². The van der Waals surface area contributed by atoms with E-state index in [1.54, 1.807) is 31.4 Å². The van der Waals surface area contributed by atoms with E-state index in [4.69, 9.17) is 4.74 Å². The summed E-state index contributed by atoms with van der Waals surface area (Å²) in [5, 5.41) is 10.7. The second-order valence-corrected chi connectivity index (χ2v) is 4.08. The van der Waals surface area contributed by atoms with Crippen LogP contribution in [0.15, 0.2) is 36.7 Å². The fraction of sp³-hybridized carbons (Fsp3) is 0.231. The van der Waals surface area contributed by atoms with Crippen LogP contribution < -0.4 is 4.74 Å². The number of carbonyl (C=O) groups is 1. The molecule has 1 aromatic carbocycles. The van der Waals surface area contributed by atoms with E-state index in [2.05, 4.69) is 4.98 Å². The molecule has 0 bridgehead atoms. The van der Waals surface area contributed by atoms with E-state index in [9.17, 15) is 14.9 Å². The van der Waals surface area contributed by atoms with Crippen LogP contribution in [0.3, 0.4) is 0 Å². The van der Waals surface area contributed by atoms with Gasteiger partial charge in [-0.1, -0.05) is 4.98 Å². The third-order valence-corrected chi connectivity index (χ3v) is 2.85. The number of hydrogen-bond donors (Lipinski definition) is 0. The first-order valence-electron chi connectivity index (χ1n) is 5.94. The van der Waals surface area contributed by atoms with Crippen LogP contribution in [0.5, 0.6) is 5.75 Å². The van der Waals surface area contributed by atoms with Gasteiger partial charge in [0.15, 0.2) is 5.78 Å². The lowest BCUT2D eigenvalue weighted by Gasteiger charge is -2.03. The molecule has 0 saturated carbocycles. The Hall–Kier alpha value is -2.70. The highest BCUT2D eigenvalue weighted by Crippen LogP contribution is 2.14. The van der Waals surface area contributed by atoms with Gasteiger partial charge in [-0.25, -0.2) is 4.57 Å². The number of hydrogen-bond acceptors (Lipinski definition) is 5. The number of ketones is 1. The second kappa shape index (κ2) is 5.96. The molecule has 2 aromatic rings. The number of methoxy groups -OCH3 is 1. The van der Waals surface area contributed by atoms with Crippen molar-refractivity contribution in [3.63, 3.8) is 0 Å². The summed E-state index contributed by atoms with van der Waals surface area (Å²) >= 11 is 0. The third kappa shape index (κ3) is 3.00. The Morgan fingerprint density at radius 2 is 2.10 bits per heavy atom. The van der Waals surface area contributed by atoms with E-state index >= 15 is 0 Å². The average Bonchev–Trinajstić information content (AvgIpc) is 2.93. The number of rotatable bonds is 6. The Kier molecular flexibility index (Phi) is 4.09. The molecule has 0 unspecified atom stereocenters. The van der Waals surface area contributed by atoms with Gasteiger partial charge >= 0.3 is 5.95 Å². The van der Waals surface area contributed by atoms with Crippen molar-refractivity contribution in [2.75, 3.05) is 7.11 Å². The molecule has 0 amide bonds. The van der Waals surface area contributed by atoms with Gasteiger partial charge in [0.1, 0.15) is 18.1 Å². The van der Waals surface area contributed by atoms with E-state index in [-0.39, 0.29) is 24.7 Å². The normalized spacial score (nSPS) is 10.2. The SMILES string of the molecule is COc1ccc(C(=O)CCn2ccnc2[N+](=O)[O-])cc1. The number of Topliss-reactive ketones (excluding diaryl/α,β-unsaturated/α-hetero) is 1. The molecule has 2 rings (SSSR count). The van der Waals surface area contributed by atoms with Gasteiger partial charge in [0.05, 0.1) is 13.7 Å². The first-order valence-corrected chi connectivity index (χ1v) is 5.94. The number of carbonyl (C=O) groups excluding carboxylic acids is 1. The van der Waals surface area contributed by atoms with Gasteiger partial charge in [0.25, 0.3) is 0 Å². The molecular weight excluding hydrogens is 262 g/mol. The standard InChI is InChI=1S/C13H13N3O4/c1-20-11-4-2-10(3-5-11)12(17)6-8-15-9-7-14-13(15)16(18)19/h2-5,7,9H,6,8H2,1H3. The minimum Gasteiger partial charge on any atom is -0.497 e. The molecule has 1 aromatic heterocycles. The van der Waals surface area contributed by atoms with Gasteiger partial charge in [0.2, 0.25) is 0 Å². The lowest BCUT2D eigenvalue weighted by molar-refractivity contribution is -0.396. The molecule has 7 nitrogen and oxygen atoms in total. The largest absolute Gasteiger partial charge is 0.497 e. The van der Waals surface area contributed by atoms with Gasteiger partial charge in [0, 0.05) is 12.0 Å². The molecule has 20 heavy (non-hydrogen) atoms. The van der Waals surface area contributed by atoms with Gasteiger partial charge in [-0.05, 0) is 29.2 Å². The first-order chi connectivity index (χ1) is 9.61. The molecule has 0 N–H and O–H groups in total. The summed E-state index contributed by atoms with van der Waals surface area (Å²) in [6.07, 6.45) is 3.00. The maximum absolute atomic E-state index is 12.0. The molecule has 0 fully saturated rings. The summed E-state index contributed by atoms with van der Waals surface area (Å²) in [6.45, 7) is 0.223. The molecule has 1 heterocycles. The van der Waals surface area contributed by atoms with Crippen molar-refractivity contribution in [1.82, 2.24) is 9.55 Å². The highest BCUT2D eigenvalue weighted by Gasteiger charge is 2.15. The molecule has 0 atom stereocenters. The van der Waals surface area contributed by atoms with E-state index in [0.717, 1.165) is 0 Å². The monoisotopic (exact) mass is 275 g/mol. The number of aromatic nitrogens is 2. The van der Waals surface area contributed by atoms with Crippen LogP contribution in [0.4, 0.5) is 5.95 Å². The van der Waals surface area contributed by atoms with Gasteiger partial charge in [-0.15, -0.1) is 0 Å². The van der Waals surface area contributed by atoms with E-state index < -0.39 is 4.92 Å². The van der Waals surface area contributed by atoms with E-state index in [1.165, 1.54) is 17.0 Å². The van der Waals surface area contributed by atoms with Crippen molar-refractivity contribution >= 4 is 11.7 Å². The van der Waals surface area contributed by atoms with Crippen LogP contribution in [-0.4, -0.2) is 27.4 Å². The second-order valence-electron chi connectivity index (χ2n) is 4.08. The summed E-state index contributed by atoms with van der Waals surface area (Å²) in [6, 6.07) is 6.74. The molecule has 104 valence electrons. The van der Waals surface area contributed by atoms with Crippen molar-refractivity contribution in [3.8, 4) is 5.75 Å². The van der Waals surface area contributed by atoms with E-state index in [0.29, 0.717) is 11.3 Å². The number of nitro groups is 1. The van der Waals surface area contributed by atoms with Crippen LogP contribution in [0, 0.1) is 10.1 Å². The minimum absolute atomic E-state index is 0.0874. The molecule has 0 aliphatic carbocycles. The lowest BCUT2D eigenvalue weighted by atomic mass is 10.1. The van der Waals surface area contributed by atoms with Crippen LogP contribution in [0.2, 0.25) is 0 Å². The maximum Gasteiger partial charge on any atom is 0.434 e. The summed E-state index contributed by atoms with van der Waals surface area (Å²) in [5.41, 5.74) is 0.550. The Morgan fingerprint density at radius 3 is 2.70 bits per heavy atom. The summed E-state index contributed by atoms with van der Waals surface area (Å²) in [5.74, 6) is 0.329. The smallest absolute Gasteiger partial charge is 0.434 e. The lowest BCUT2D eigenvalue weighted by Crippen LogP contribution is -2.08. The Balaban J connectivity index is 2.01. The predicted molar refractivity (Wildman–Crippen MR) is 70.8 cm³/mol. The molecule has 0 aliphatic rings. The van der Waals surface area contributed by atoms with Gasteiger partial charge in [-0.2, -0.15) is 0 Å². The number of benzene rings is 1. The molecule has 0 saturated heterocycles. The van der Waals surface area contributed by atoms with Crippen LogP contribution in [-0.2, 0) is 6.54 Å². The summed E-state index contributed by atoms with van der Waals surface area (Å²) in [4.78, 5) is 25.7. The van der Waals surface area contributed by atoms with Gasteiger partial charge in [-0.3, -0.25) is 4.79 Å². The molecular formula is C13H13N3O4. The molecule has 7 heteroatoms. The number of nitrogens with zero attached hydrogens (tertiary/aromatic N) is 3. The van der Waals surface area contributed by atoms with Crippen molar-refractivity contribution in [2.45, 2.75) is 13.0 Å². The Morgan fingerprint density at radius 1 is 1.40 bits per heavy atom.